The number of carbonyl (C=O) groups is 1. The van der Waals surface area contributed by atoms with Crippen molar-refractivity contribution in [2.75, 3.05) is 20.8 Å². The molecule has 0 aromatic heterocycles. The quantitative estimate of drug-likeness (QED) is 0.640. The highest BCUT2D eigenvalue weighted by Gasteiger charge is 2.12. The zero-order valence-electron chi connectivity index (χ0n) is 9.50. The van der Waals surface area contributed by atoms with E-state index < -0.39 is 6.29 Å². The highest BCUT2D eigenvalue weighted by molar-refractivity contribution is 14.1. The molecule has 1 aromatic carbocycles. The van der Waals surface area contributed by atoms with Crippen molar-refractivity contribution in [3.63, 3.8) is 0 Å². The topological polar surface area (TPSA) is 47.6 Å². The van der Waals surface area contributed by atoms with Gasteiger partial charge in [-0.05, 0) is 40.8 Å². The van der Waals surface area contributed by atoms with Crippen LogP contribution in [0.4, 0.5) is 0 Å². The van der Waals surface area contributed by atoms with E-state index in [1.54, 1.807) is 18.2 Å². The van der Waals surface area contributed by atoms with Crippen molar-refractivity contribution in [2.45, 2.75) is 6.29 Å². The van der Waals surface area contributed by atoms with Crippen molar-refractivity contribution in [2.24, 2.45) is 0 Å². The lowest BCUT2D eigenvalue weighted by molar-refractivity contribution is -0.0974. The van der Waals surface area contributed by atoms with Crippen LogP contribution in [0.2, 0.25) is 5.02 Å². The van der Waals surface area contributed by atoms with Crippen LogP contribution in [0.3, 0.4) is 0 Å². The van der Waals surface area contributed by atoms with Gasteiger partial charge in [0, 0.05) is 22.8 Å². The SMILES string of the molecule is COC(CNC(=O)c1cc(Cl)ccc1I)OC. The van der Waals surface area contributed by atoms with E-state index in [4.69, 9.17) is 21.1 Å². The van der Waals surface area contributed by atoms with Crippen molar-refractivity contribution in [1.82, 2.24) is 5.32 Å². The number of ether oxygens (including phenoxy) is 2. The summed E-state index contributed by atoms with van der Waals surface area (Å²) in [5.74, 6) is -0.198. The lowest BCUT2D eigenvalue weighted by Crippen LogP contribution is -2.34. The summed E-state index contributed by atoms with van der Waals surface area (Å²) in [6, 6.07) is 5.17. The minimum Gasteiger partial charge on any atom is -0.354 e. The molecule has 0 radical (unpaired) electrons. The molecule has 0 saturated carbocycles. The summed E-state index contributed by atoms with van der Waals surface area (Å²) in [6.45, 7) is 0.286. The third-order valence-electron chi connectivity index (χ3n) is 2.13. The van der Waals surface area contributed by atoms with Crippen LogP contribution in [0.15, 0.2) is 18.2 Å². The lowest BCUT2D eigenvalue weighted by atomic mass is 10.2. The van der Waals surface area contributed by atoms with Gasteiger partial charge in [0.25, 0.3) is 5.91 Å². The first-order valence-corrected chi connectivity index (χ1v) is 6.33. The van der Waals surface area contributed by atoms with Crippen LogP contribution in [0.1, 0.15) is 10.4 Å². The van der Waals surface area contributed by atoms with E-state index in [1.807, 2.05) is 0 Å². The van der Waals surface area contributed by atoms with Gasteiger partial charge in [0.2, 0.25) is 0 Å². The summed E-state index contributed by atoms with van der Waals surface area (Å²) >= 11 is 7.93. The number of hydrogen-bond donors (Lipinski definition) is 1. The average molecular weight is 370 g/mol. The molecule has 94 valence electrons. The Morgan fingerprint density at radius 2 is 2.12 bits per heavy atom. The molecule has 0 bridgehead atoms. The first-order valence-electron chi connectivity index (χ1n) is 4.87. The zero-order valence-corrected chi connectivity index (χ0v) is 12.4. The fourth-order valence-electron chi connectivity index (χ4n) is 1.21. The maximum Gasteiger partial charge on any atom is 0.252 e. The molecule has 0 atom stereocenters. The van der Waals surface area contributed by atoms with E-state index in [0.717, 1.165) is 3.57 Å². The van der Waals surface area contributed by atoms with Gasteiger partial charge in [0.15, 0.2) is 6.29 Å². The number of amides is 1. The van der Waals surface area contributed by atoms with Gasteiger partial charge < -0.3 is 14.8 Å². The van der Waals surface area contributed by atoms with Gasteiger partial charge in [-0.15, -0.1) is 0 Å². The molecular weight excluding hydrogens is 356 g/mol. The van der Waals surface area contributed by atoms with Crippen LogP contribution in [0.25, 0.3) is 0 Å². The predicted molar refractivity (Wildman–Crippen MR) is 74.3 cm³/mol. The van der Waals surface area contributed by atoms with Gasteiger partial charge in [-0.3, -0.25) is 4.79 Å². The molecule has 0 heterocycles. The highest BCUT2D eigenvalue weighted by atomic mass is 127. The van der Waals surface area contributed by atoms with Crippen molar-refractivity contribution in [3.05, 3.63) is 32.4 Å². The van der Waals surface area contributed by atoms with Crippen molar-refractivity contribution in [1.29, 1.82) is 0 Å². The standard InChI is InChI=1S/C11H13ClINO3/c1-16-10(17-2)6-14-11(15)8-5-7(12)3-4-9(8)13/h3-5,10H,6H2,1-2H3,(H,14,15). The number of rotatable bonds is 5. The number of hydrogen-bond acceptors (Lipinski definition) is 3. The molecule has 0 saturated heterocycles. The van der Waals surface area contributed by atoms with E-state index in [0.29, 0.717) is 10.6 Å². The lowest BCUT2D eigenvalue weighted by Gasteiger charge is -2.14. The maximum atomic E-state index is 11.9. The second-order valence-electron chi connectivity index (χ2n) is 3.24. The third kappa shape index (κ3) is 4.42. The second-order valence-corrected chi connectivity index (χ2v) is 4.83. The Hall–Kier alpha value is -0.370. The molecule has 6 heteroatoms. The Kier molecular flexibility index (Phi) is 6.18. The van der Waals surface area contributed by atoms with Gasteiger partial charge in [0.1, 0.15) is 0 Å². The van der Waals surface area contributed by atoms with E-state index in [2.05, 4.69) is 27.9 Å². The Bertz CT molecular complexity index is 396. The number of methoxy groups -OCH3 is 2. The largest absolute Gasteiger partial charge is 0.354 e. The minimum absolute atomic E-state index is 0.198. The van der Waals surface area contributed by atoms with Gasteiger partial charge in [-0.25, -0.2) is 0 Å². The molecule has 1 amide bonds. The zero-order chi connectivity index (χ0) is 12.8. The predicted octanol–water partition coefficient (Wildman–Crippen LogP) is 2.29. The second kappa shape index (κ2) is 7.15. The van der Waals surface area contributed by atoms with Crippen LogP contribution < -0.4 is 5.32 Å². The van der Waals surface area contributed by atoms with E-state index in [-0.39, 0.29) is 12.5 Å². The average Bonchev–Trinajstić information content (AvgIpc) is 2.33. The summed E-state index contributed by atoms with van der Waals surface area (Å²) in [5.41, 5.74) is 0.545. The Morgan fingerprint density at radius 1 is 1.47 bits per heavy atom. The monoisotopic (exact) mass is 369 g/mol. The van der Waals surface area contributed by atoms with Crippen LogP contribution in [-0.4, -0.2) is 33.0 Å². The van der Waals surface area contributed by atoms with Crippen molar-refractivity contribution in [3.8, 4) is 0 Å². The number of benzene rings is 1. The third-order valence-corrected chi connectivity index (χ3v) is 3.30. The molecule has 0 unspecified atom stereocenters. The summed E-state index contributed by atoms with van der Waals surface area (Å²) in [6.07, 6.45) is -0.448. The Labute approximate surface area is 119 Å². The summed E-state index contributed by atoms with van der Waals surface area (Å²) in [5, 5.41) is 3.25. The first kappa shape index (κ1) is 14.7. The Balaban J connectivity index is 2.66. The maximum absolute atomic E-state index is 11.9. The van der Waals surface area contributed by atoms with Gasteiger partial charge in [-0.2, -0.15) is 0 Å². The molecule has 4 nitrogen and oxygen atoms in total. The highest BCUT2D eigenvalue weighted by Crippen LogP contribution is 2.17. The van der Waals surface area contributed by atoms with Crippen molar-refractivity contribution < 1.29 is 14.3 Å². The molecule has 1 N–H and O–H groups in total. The summed E-state index contributed by atoms with van der Waals surface area (Å²) in [7, 11) is 3.03. The molecule has 1 rings (SSSR count). The van der Waals surface area contributed by atoms with Crippen LogP contribution in [0, 0.1) is 3.57 Å². The number of halogens is 2. The minimum atomic E-state index is -0.448. The molecule has 17 heavy (non-hydrogen) atoms. The number of nitrogens with one attached hydrogen (secondary N) is 1. The Morgan fingerprint density at radius 3 is 2.71 bits per heavy atom. The van der Waals surface area contributed by atoms with Crippen molar-refractivity contribution >= 4 is 40.1 Å². The molecule has 0 fully saturated rings. The van der Waals surface area contributed by atoms with Gasteiger partial charge in [-0.1, -0.05) is 11.6 Å². The van der Waals surface area contributed by atoms with Gasteiger partial charge >= 0.3 is 0 Å². The number of carbonyl (C=O) groups excluding carboxylic acids is 1. The first-order chi connectivity index (χ1) is 8.08. The summed E-state index contributed by atoms with van der Waals surface area (Å²) < 4.78 is 10.8. The van der Waals surface area contributed by atoms with Crippen LogP contribution in [-0.2, 0) is 9.47 Å². The molecular formula is C11H13ClINO3. The molecule has 1 aromatic rings. The van der Waals surface area contributed by atoms with Crippen LogP contribution >= 0.6 is 34.2 Å². The molecule has 0 aliphatic carbocycles. The van der Waals surface area contributed by atoms with Gasteiger partial charge in [0.05, 0.1) is 12.1 Å². The van der Waals surface area contributed by atoms with E-state index in [9.17, 15) is 4.79 Å². The van der Waals surface area contributed by atoms with E-state index >= 15 is 0 Å². The normalized spacial score (nSPS) is 10.6. The van der Waals surface area contributed by atoms with Crippen LogP contribution in [0.5, 0.6) is 0 Å². The molecule has 0 aliphatic heterocycles. The smallest absolute Gasteiger partial charge is 0.252 e. The fraction of sp³-hybridized carbons (Fsp3) is 0.364. The molecule has 0 aliphatic rings. The summed E-state index contributed by atoms with van der Waals surface area (Å²) in [4.78, 5) is 11.9. The molecule has 0 spiro atoms. The fourth-order valence-corrected chi connectivity index (χ4v) is 1.96. The van der Waals surface area contributed by atoms with E-state index in [1.165, 1.54) is 14.2 Å².